The van der Waals surface area contributed by atoms with E-state index in [1.807, 2.05) is 18.2 Å². The van der Waals surface area contributed by atoms with Crippen molar-refractivity contribution >= 4 is 10.9 Å². The molecule has 0 aliphatic carbocycles. The van der Waals surface area contributed by atoms with Gasteiger partial charge in [-0.1, -0.05) is 6.07 Å². The predicted molar refractivity (Wildman–Crippen MR) is 57.1 cm³/mol. The molecule has 0 spiro atoms. The minimum atomic E-state index is 0.104. The summed E-state index contributed by atoms with van der Waals surface area (Å²) in [5, 5.41) is 10.4. The van der Waals surface area contributed by atoms with Crippen LogP contribution in [0, 0.1) is 13.0 Å². The fourth-order valence-corrected chi connectivity index (χ4v) is 2.04. The van der Waals surface area contributed by atoms with Gasteiger partial charge < -0.3 is 9.67 Å². The summed E-state index contributed by atoms with van der Waals surface area (Å²) in [6.07, 6.45) is 0. The maximum Gasteiger partial charge on any atom is 0.0705 e. The summed E-state index contributed by atoms with van der Waals surface area (Å²) in [5.41, 5.74) is 3.37. The molecule has 1 heterocycles. The first-order chi connectivity index (χ1) is 6.79. The lowest BCUT2D eigenvalue weighted by Gasteiger charge is -2.03. The third kappa shape index (κ3) is 1.15. The van der Waals surface area contributed by atoms with Gasteiger partial charge >= 0.3 is 0 Å². The Labute approximate surface area is 83.8 Å². The minimum absolute atomic E-state index is 0.104. The van der Waals surface area contributed by atoms with Crippen molar-refractivity contribution in [2.75, 3.05) is 0 Å². The van der Waals surface area contributed by atoms with E-state index in [9.17, 15) is 5.11 Å². The van der Waals surface area contributed by atoms with E-state index in [1.165, 1.54) is 5.52 Å². The van der Waals surface area contributed by atoms with Crippen molar-refractivity contribution in [2.45, 2.75) is 27.0 Å². The Bertz CT molecular complexity index is 416. The average molecular weight is 188 g/mol. The number of nitrogens with zero attached hydrogens (tertiary/aromatic N) is 1. The number of aryl methyl sites for hydroxylation is 1. The van der Waals surface area contributed by atoms with Gasteiger partial charge in [-0.2, -0.15) is 0 Å². The third-order valence-electron chi connectivity index (χ3n) is 2.77. The van der Waals surface area contributed by atoms with Gasteiger partial charge in [0.2, 0.25) is 0 Å². The second-order valence-corrected chi connectivity index (χ2v) is 3.41. The van der Waals surface area contributed by atoms with Crippen LogP contribution in [0.25, 0.3) is 10.9 Å². The maximum atomic E-state index is 9.30. The SMILES string of the molecule is CCn1c(C)c(CO)c2c[c]ccc21. The fraction of sp³-hybridized carbons (Fsp3) is 0.333. The molecule has 1 aromatic heterocycles. The van der Waals surface area contributed by atoms with E-state index in [2.05, 4.69) is 24.5 Å². The van der Waals surface area contributed by atoms with Crippen LogP contribution in [0.3, 0.4) is 0 Å². The van der Waals surface area contributed by atoms with Crippen molar-refractivity contribution in [1.82, 2.24) is 4.57 Å². The maximum absolute atomic E-state index is 9.30. The molecule has 73 valence electrons. The van der Waals surface area contributed by atoms with Crippen LogP contribution in [0.2, 0.25) is 0 Å². The molecule has 0 fully saturated rings. The summed E-state index contributed by atoms with van der Waals surface area (Å²) in [5.74, 6) is 0. The Hall–Kier alpha value is -1.28. The molecule has 2 aromatic rings. The van der Waals surface area contributed by atoms with Gasteiger partial charge in [0.1, 0.15) is 0 Å². The molecule has 2 heteroatoms. The van der Waals surface area contributed by atoms with E-state index < -0.39 is 0 Å². The zero-order valence-electron chi connectivity index (χ0n) is 8.54. The molecule has 0 aliphatic rings. The van der Waals surface area contributed by atoms with Gasteiger partial charge in [0, 0.05) is 28.7 Å². The Morgan fingerprint density at radius 2 is 2.29 bits per heavy atom. The summed E-state index contributed by atoms with van der Waals surface area (Å²) in [7, 11) is 0. The highest BCUT2D eigenvalue weighted by molar-refractivity contribution is 5.85. The number of fused-ring (bicyclic) bond motifs is 1. The summed E-state index contributed by atoms with van der Waals surface area (Å²) in [6.45, 7) is 5.21. The highest BCUT2D eigenvalue weighted by atomic mass is 16.3. The molecule has 1 N–H and O–H groups in total. The Morgan fingerprint density at radius 3 is 2.93 bits per heavy atom. The smallest absolute Gasteiger partial charge is 0.0705 e. The molecule has 2 rings (SSSR count). The van der Waals surface area contributed by atoms with Crippen LogP contribution in [0.4, 0.5) is 0 Å². The lowest BCUT2D eigenvalue weighted by Crippen LogP contribution is -1.97. The van der Waals surface area contributed by atoms with Crippen molar-refractivity contribution in [3.8, 4) is 0 Å². The van der Waals surface area contributed by atoms with E-state index in [-0.39, 0.29) is 6.61 Å². The number of aliphatic hydroxyl groups is 1. The molecule has 1 aromatic carbocycles. The highest BCUT2D eigenvalue weighted by Crippen LogP contribution is 2.25. The van der Waals surface area contributed by atoms with Crippen LogP contribution in [-0.2, 0) is 13.2 Å². The van der Waals surface area contributed by atoms with Gasteiger partial charge in [0.05, 0.1) is 6.61 Å². The number of aromatic nitrogens is 1. The summed E-state index contributed by atoms with van der Waals surface area (Å²) < 4.78 is 2.22. The molecule has 0 unspecified atom stereocenters. The van der Waals surface area contributed by atoms with E-state index in [4.69, 9.17) is 0 Å². The van der Waals surface area contributed by atoms with E-state index >= 15 is 0 Å². The molecule has 14 heavy (non-hydrogen) atoms. The molecular formula is C12H14NO. The summed E-state index contributed by atoms with van der Waals surface area (Å²) in [4.78, 5) is 0. The molecule has 0 amide bonds. The molecule has 1 radical (unpaired) electrons. The van der Waals surface area contributed by atoms with Gasteiger partial charge in [0.15, 0.2) is 0 Å². The number of benzene rings is 1. The van der Waals surface area contributed by atoms with Crippen LogP contribution in [0.15, 0.2) is 18.2 Å². The average Bonchev–Trinajstić information content (AvgIpc) is 2.49. The first-order valence-corrected chi connectivity index (χ1v) is 4.88. The van der Waals surface area contributed by atoms with E-state index in [0.29, 0.717) is 0 Å². The molecule has 2 nitrogen and oxygen atoms in total. The lowest BCUT2D eigenvalue weighted by atomic mass is 10.1. The first kappa shape index (κ1) is 9.28. The van der Waals surface area contributed by atoms with Gasteiger partial charge in [-0.25, -0.2) is 0 Å². The second kappa shape index (κ2) is 3.46. The van der Waals surface area contributed by atoms with Gasteiger partial charge in [0.25, 0.3) is 0 Å². The monoisotopic (exact) mass is 188 g/mol. The Morgan fingerprint density at radius 1 is 1.50 bits per heavy atom. The second-order valence-electron chi connectivity index (χ2n) is 3.41. The van der Waals surface area contributed by atoms with Crippen LogP contribution in [-0.4, -0.2) is 9.67 Å². The molecule has 0 aliphatic heterocycles. The van der Waals surface area contributed by atoms with Crippen molar-refractivity contribution in [2.24, 2.45) is 0 Å². The van der Waals surface area contributed by atoms with Crippen LogP contribution < -0.4 is 0 Å². The summed E-state index contributed by atoms with van der Waals surface area (Å²) in [6, 6.07) is 8.95. The third-order valence-corrected chi connectivity index (χ3v) is 2.77. The van der Waals surface area contributed by atoms with Gasteiger partial charge in [-0.3, -0.25) is 0 Å². The number of rotatable bonds is 2. The van der Waals surface area contributed by atoms with E-state index in [1.54, 1.807) is 0 Å². The first-order valence-electron chi connectivity index (χ1n) is 4.88. The normalized spacial score (nSPS) is 11.1. The molecular weight excluding hydrogens is 174 g/mol. The molecule has 0 bridgehead atoms. The minimum Gasteiger partial charge on any atom is -0.392 e. The number of aliphatic hydroxyl groups excluding tert-OH is 1. The molecule has 0 atom stereocenters. The van der Waals surface area contributed by atoms with Crippen LogP contribution >= 0.6 is 0 Å². The van der Waals surface area contributed by atoms with Crippen molar-refractivity contribution in [3.05, 3.63) is 35.5 Å². The van der Waals surface area contributed by atoms with Gasteiger partial charge in [-0.05, 0) is 32.0 Å². The highest BCUT2D eigenvalue weighted by Gasteiger charge is 2.10. The number of hydrogen-bond acceptors (Lipinski definition) is 1. The van der Waals surface area contributed by atoms with Gasteiger partial charge in [-0.15, -0.1) is 0 Å². The Balaban J connectivity index is 2.85. The van der Waals surface area contributed by atoms with Crippen molar-refractivity contribution in [3.63, 3.8) is 0 Å². The summed E-state index contributed by atoms with van der Waals surface area (Å²) >= 11 is 0. The van der Waals surface area contributed by atoms with Crippen LogP contribution in [0.5, 0.6) is 0 Å². The van der Waals surface area contributed by atoms with E-state index in [0.717, 1.165) is 23.2 Å². The van der Waals surface area contributed by atoms with Crippen LogP contribution in [0.1, 0.15) is 18.2 Å². The number of hydrogen-bond donors (Lipinski definition) is 1. The molecule has 0 saturated carbocycles. The zero-order chi connectivity index (χ0) is 10.1. The fourth-order valence-electron chi connectivity index (χ4n) is 2.04. The predicted octanol–water partition coefficient (Wildman–Crippen LogP) is 2.26. The van der Waals surface area contributed by atoms with Crippen molar-refractivity contribution in [1.29, 1.82) is 0 Å². The lowest BCUT2D eigenvalue weighted by molar-refractivity contribution is 0.282. The quantitative estimate of drug-likeness (QED) is 0.768. The molecule has 0 saturated heterocycles. The largest absolute Gasteiger partial charge is 0.392 e. The topological polar surface area (TPSA) is 25.2 Å². The standard InChI is InChI=1S/C12H14NO/c1-3-13-9(2)11(8-14)10-6-4-5-7-12(10)13/h5-7,14H,3,8H2,1-2H3. The van der Waals surface area contributed by atoms with Crippen molar-refractivity contribution < 1.29 is 5.11 Å². The Kier molecular flexibility index (Phi) is 2.30. The zero-order valence-corrected chi connectivity index (χ0v) is 8.54.